The van der Waals surface area contributed by atoms with E-state index in [2.05, 4.69) is 39.3 Å². The van der Waals surface area contributed by atoms with Gasteiger partial charge >= 0.3 is 0 Å². The molecule has 0 bridgehead atoms. The predicted molar refractivity (Wildman–Crippen MR) is 92.8 cm³/mol. The first-order chi connectivity index (χ1) is 9.96. The van der Waals surface area contributed by atoms with E-state index in [9.17, 15) is 10.1 Å². The van der Waals surface area contributed by atoms with Crippen molar-refractivity contribution in [3.05, 3.63) is 46.1 Å². The van der Waals surface area contributed by atoms with Crippen molar-refractivity contribution < 1.29 is 14.0 Å². The molecule has 1 rings (SSSR count). The van der Waals surface area contributed by atoms with Gasteiger partial charge in [-0.1, -0.05) is 0 Å². The molecule has 22 heavy (non-hydrogen) atoms. The summed E-state index contributed by atoms with van der Waals surface area (Å²) in [6.07, 6.45) is 3.53. The molecule has 0 unspecified atom stereocenters. The van der Waals surface area contributed by atoms with Gasteiger partial charge in [0.05, 0.1) is 11.1 Å². The monoisotopic (exact) mass is 340 g/mol. The van der Waals surface area contributed by atoms with Crippen LogP contribution < -0.4 is 0 Å². The smallest absolute Gasteiger partial charge is 0.269 e. The van der Waals surface area contributed by atoms with Crippen molar-refractivity contribution in [3.63, 3.8) is 0 Å². The molecule has 0 spiro atoms. The fourth-order valence-corrected chi connectivity index (χ4v) is 2.82. The van der Waals surface area contributed by atoms with Crippen LogP contribution in [0, 0.1) is 10.1 Å². The van der Waals surface area contributed by atoms with Gasteiger partial charge in [-0.05, 0) is 63.1 Å². The van der Waals surface area contributed by atoms with Gasteiger partial charge in [-0.15, -0.1) is 0 Å². The van der Waals surface area contributed by atoms with E-state index in [-0.39, 0.29) is 5.69 Å². The van der Waals surface area contributed by atoms with E-state index in [1.54, 1.807) is 18.3 Å². The Kier molecular flexibility index (Phi) is 6.06. The molecule has 0 aliphatic heterocycles. The summed E-state index contributed by atoms with van der Waals surface area (Å²) in [5, 5.41) is 12.1. The van der Waals surface area contributed by atoms with Gasteiger partial charge in [-0.3, -0.25) is 19.2 Å². The molecular formula is C14H24N2O4Si2. The quantitative estimate of drug-likeness (QED) is 0.418. The molecule has 1 aromatic rings. The van der Waals surface area contributed by atoms with Crippen LogP contribution >= 0.6 is 0 Å². The number of hydrogen-bond donors (Lipinski definition) is 0. The lowest BCUT2D eigenvalue weighted by atomic mass is 10.2. The van der Waals surface area contributed by atoms with E-state index >= 15 is 0 Å². The first kappa shape index (κ1) is 18.6. The zero-order valence-electron chi connectivity index (χ0n) is 14.0. The van der Waals surface area contributed by atoms with E-state index in [1.165, 1.54) is 17.4 Å². The third-order valence-electron chi connectivity index (χ3n) is 2.22. The maximum atomic E-state index is 10.6. The van der Waals surface area contributed by atoms with E-state index in [0.717, 1.165) is 5.56 Å². The number of benzene rings is 1. The maximum absolute atomic E-state index is 10.6. The summed E-state index contributed by atoms with van der Waals surface area (Å²) in [4.78, 5) is 10.2. The first-order valence-corrected chi connectivity index (χ1v) is 13.9. The van der Waals surface area contributed by atoms with Crippen LogP contribution in [0.5, 0.6) is 0 Å². The van der Waals surface area contributed by atoms with Crippen molar-refractivity contribution in [1.29, 1.82) is 0 Å². The fourth-order valence-electron chi connectivity index (χ4n) is 1.47. The van der Waals surface area contributed by atoms with Crippen LogP contribution in [0.2, 0.25) is 39.3 Å². The second kappa shape index (κ2) is 7.18. The van der Waals surface area contributed by atoms with Crippen LogP contribution in [0.15, 0.2) is 30.5 Å². The van der Waals surface area contributed by atoms with E-state index in [1.807, 2.05) is 6.08 Å². The first-order valence-electron chi connectivity index (χ1n) is 7.06. The zero-order chi connectivity index (χ0) is 17.0. The van der Waals surface area contributed by atoms with Crippen molar-refractivity contribution in [2.24, 2.45) is 0 Å². The summed E-state index contributed by atoms with van der Waals surface area (Å²) in [5.74, 6) is 0. The molecule has 0 aromatic heterocycles. The van der Waals surface area contributed by atoms with Crippen molar-refractivity contribution in [1.82, 2.24) is 5.23 Å². The van der Waals surface area contributed by atoms with Crippen molar-refractivity contribution in [2.75, 3.05) is 0 Å². The highest BCUT2D eigenvalue weighted by atomic mass is 28.4. The fraction of sp³-hybridized carbons (Fsp3) is 0.429. The second-order valence-corrected chi connectivity index (χ2v) is 15.7. The Morgan fingerprint density at radius 2 is 1.45 bits per heavy atom. The van der Waals surface area contributed by atoms with Crippen LogP contribution in [0.3, 0.4) is 0 Å². The maximum Gasteiger partial charge on any atom is 0.269 e. The largest absolute Gasteiger partial charge is 0.299 e. The molecule has 8 heteroatoms. The molecule has 0 saturated heterocycles. The molecule has 0 aliphatic rings. The van der Waals surface area contributed by atoms with Crippen molar-refractivity contribution >= 4 is 28.4 Å². The molecule has 0 radical (unpaired) electrons. The van der Waals surface area contributed by atoms with E-state index in [4.69, 9.17) is 9.05 Å². The third kappa shape index (κ3) is 7.50. The van der Waals surface area contributed by atoms with Gasteiger partial charge in [-0.25, -0.2) is 0 Å². The van der Waals surface area contributed by atoms with Crippen LogP contribution in [0.25, 0.3) is 6.08 Å². The Hall–Kier alpha value is -1.49. The lowest BCUT2D eigenvalue weighted by molar-refractivity contribution is -0.384. The minimum Gasteiger partial charge on any atom is -0.299 e. The molecule has 6 nitrogen and oxygen atoms in total. The van der Waals surface area contributed by atoms with E-state index in [0.29, 0.717) is 0 Å². The number of nitro benzene ring substituents is 1. The molecule has 0 N–H and O–H groups in total. The summed E-state index contributed by atoms with van der Waals surface area (Å²) >= 11 is 0. The van der Waals surface area contributed by atoms with Gasteiger partial charge in [0.2, 0.25) is 16.6 Å². The SMILES string of the molecule is C[Si](C)(C)ON(/C=C/c1ccc([N+](=O)[O-])cc1)O[Si](C)(C)C. The summed E-state index contributed by atoms with van der Waals surface area (Å²) in [5.41, 5.74) is 0.916. The number of nitro groups is 1. The molecule has 122 valence electrons. The molecule has 0 aliphatic carbocycles. The molecule has 0 fully saturated rings. The number of non-ortho nitro benzene ring substituents is 1. The number of rotatable bonds is 7. The minimum atomic E-state index is -1.80. The number of hydroxylamine groups is 2. The average Bonchev–Trinajstić information content (AvgIpc) is 2.32. The number of hydrogen-bond acceptors (Lipinski definition) is 5. The van der Waals surface area contributed by atoms with Crippen molar-refractivity contribution in [2.45, 2.75) is 39.3 Å². The molecule has 1 aromatic carbocycles. The highest BCUT2D eigenvalue weighted by Gasteiger charge is 2.24. The van der Waals surface area contributed by atoms with Crippen molar-refractivity contribution in [3.8, 4) is 0 Å². The minimum absolute atomic E-state index is 0.0747. The standard InChI is InChI=1S/C14H24N2O4Si2/c1-21(2,3)19-15(20-22(4,5)6)12-11-13-7-9-14(10-8-13)16(17)18/h7-12H,1-6H3/b12-11+. The van der Waals surface area contributed by atoms with Crippen LogP contribution in [0.4, 0.5) is 5.69 Å². The second-order valence-electron chi connectivity index (χ2n) is 6.86. The summed E-state index contributed by atoms with van der Waals surface area (Å²) < 4.78 is 11.8. The van der Waals surface area contributed by atoms with Gasteiger partial charge in [-0.2, -0.15) is 5.23 Å². The molecule has 0 amide bonds. The van der Waals surface area contributed by atoms with Gasteiger partial charge in [0.1, 0.15) is 0 Å². The predicted octanol–water partition coefficient (Wildman–Crippen LogP) is 4.40. The van der Waals surface area contributed by atoms with Gasteiger partial charge in [0.15, 0.2) is 0 Å². The van der Waals surface area contributed by atoms with Crippen LogP contribution in [-0.2, 0) is 9.05 Å². The Bertz CT molecular complexity index is 517. The van der Waals surface area contributed by atoms with Gasteiger partial charge in [0.25, 0.3) is 5.69 Å². The normalized spacial score (nSPS) is 12.6. The third-order valence-corrected chi connectivity index (χ3v) is 3.68. The molecule has 0 atom stereocenters. The van der Waals surface area contributed by atoms with Gasteiger partial charge < -0.3 is 0 Å². The Balaban J connectivity index is 2.85. The summed E-state index contributed by atoms with van der Waals surface area (Å²) in [6, 6.07) is 6.33. The Morgan fingerprint density at radius 1 is 1.00 bits per heavy atom. The molecular weight excluding hydrogens is 316 g/mol. The average molecular weight is 341 g/mol. The molecule has 0 saturated carbocycles. The molecule has 0 heterocycles. The Morgan fingerprint density at radius 3 is 1.82 bits per heavy atom. The highest BCUT2D eigenvalue weighted by molar-refractivity contribution is 6.70. The highest BCUT2D eigenvalue weighted by Crippen LogP contribution is 2.16. The van der Waals surface area contributed by atoms with Crippen LogP contribution in [-0.4, -0.2) is 26.8 Å². The van der Waals surface area contributed by atoms with Crippen LogP contribution in [0.1, 0.15) is 5.56 Å². The number of nitrogens with zero attached hydrogens (tertiary/aromatic N) is 2. The summed E-state index contributed by atoms with van der Waals surface area (Å²) in [7, 11) is -3.60. The lowest BCUT2D eigenvalue weighted by Gasteiger charge is -2.31. The Labute approximate surface area is 133 Å². The topological polar surface area (TPSA) is 64.8 Å². The summed E-state index contributed by atoms with van der Waals surface area (Å²) in [6.45, 7) is 12.5. The van der Waals surface area contributed by atoms with Gasteiger partial charge in [0, 0.05) is 12.1 Å². The zero-order valence-corrected chi connectivity index (χ0v) is 16.0. The lowest BCUT2D eigenvalue weighted by Crippen LogP contribution is -2.41. The van der Waals surface area contributed by atoms with E-state index < -0.39 is 21.6 Å².